The lowest BCUT2D eigenvalue weighted by atomic mass is 10.1. The summed E-state index contributed by atoms with van der Waals surface area (Å²) in [4.78, 5) is 9.32. The van der Waals surface area contributed by atoms with Crippen LogP contribution in [0.15, 0.2) is 28.8 Å². The number of rotatable bonds is 4. The molecule has 25 heavy (non-hydrogen) atoms. The number of hydrogen-bond donors (Lipinski definition) is 1. The Morgan fingerprint density at radius 2 is 2.12 bits per heavy atom. The van der Waals surface area contributed by atoms with Crippen LogP contribution >= 0.6 is 0 Å². The highest BCUT2D eigenvalue weighted by Crippen LogP contribution is 2.23. The Labute approximate surface area is 147 Å². The van der Waals surface area contributed by atoms with Crippen LogP contribution in [0, 0.1) is 0 Å². The van der Waals surface area contributed by atoms with E-state index in [0.29, 0.717) is 5.89 Å². The van der Waals surface area contributed by atoms with Crippen molar-refractivity contribution < 1.29 is 9.26 Å². The molecular formula is C18H25N5O2. The van der Waals surface area contributed by atoms with Crippen molar-refractivity contribution in [1.29, 1.82) is 0 Å². The highest BCUT2D eigenvalue weighted by Gasteiger charge is 2.25. The summed E-state index contributed by atoms with van der Waals surface area (Å²) in [6, 6.07) is 8.56. The molecular weight excluding hydrogens is 318 g/mol. The van der Waals surface area contributed by atoms with Crippen LogP contribution in [0.1, 0.15) is 17.4 Å². The largest absolute Gasteiger partial charge is 0.379 e. The average molecular weight is 343 g/mol. The fraction of sp³-hybridized carbons (Fsp3) is 0.556. The summed E-state index contributed by atoms with van der Waals surface area (Å²) in [5.41, 5.74) is 2.24. The van der Waals surface area contributed by atoms with Crippen molar-refractivity contribution in [2.75, 3.05) is 53.0 Å². The molecule has 7 nitrogen and oxygen atoms in total. The molecule has 1 N–H and O–H groups in total. The quantitative estimate of drug-likeness (QED) is 0.893. The van der Waals surface area contributed by atoms with Crippen LogP contribution in [-0.2, 0) is 11.3 Å². The van der Waals surface area contributed by atoms with Crippen molar-refractivity contribution in [3.05, 3.63) is 35.7 Å². The first-order valence-electron chi connectivity index (χ1n) is 8.93. The fourth-order valence-electron chi connectivity index (χ4n) is 3.40. The second kappa shape index (κ2) is 7.61. The van der Waals surface area contributed by atoms with Gasteiger partial charge < -0.3 is 14.6 Å². The maximum absolute atomic E-state index is 5.55. The van der Waals surface area contributed by atoms with Crippen LogP contribution in [0.3, 0.4) is 0 Å². The first-order valence-corrected chi connectivity index (χ1v) is 8.93. The van der Waals surface area contributed by atoms with E-state index in [1.165, 1.54) is 5.56 Å². The van der Waals surface area contributed by atoms with Gasteiger partial charge in [-0.25, -0.2) is 0 Å². The molecule has 1 aromatic heterocycles. The Morgan fingerprint density at radius 1 is 1.24 bits per heavy atom. The van der Waals surface area contributed by atoms with Gasteiger partial charge in [0.05, 0.1) is 19.3 Å². The molecule has 0 saturated carbocycles. The molecule has 134 valence electrons. The molecule has 1 aromatic carbocycles. The Kier molecular flexibility index (Phi) is 5.07. The fourth-order valence-corrected chi connectivity index (χ4v) is 3.40. The van der Waals surface area contributed by atoms with Crippen molar-refractivity contribution in [2.45, 2.75) is 12.6 Å². The molecule has 0 radical (unpaired) electrons. The third kappa shape index (κ3) is 3.90. The normalized spacial score (nSPS) is 23.0. The maximum Gasteiger partial charge on any atom is 0.257 e. The zero-order valence-electron chi connectivity index (χ0n) is 14.6. The van der Waals surface area contributed by atoms with Gasteiger partial charge in [-0.1, -0.05) is 17.3 Å². The highest BCUT2D eigenvalue weighted by molar-refractivity contribution is 5.54. The molecule has 2 saturated heterocycles. The average Bonchev–Trinajstić information content (AvgIpc) is 3.13. The van der Waals surface area contributed by atoms with Gasteiger partial charge in [-0.05, 0) is 24.7 Å². The monoisotopic (exact) mass is 343 g/mol. The van der Waals surface area contributed by atoms with E-state index in [0.717, 1.165) is 63.9 Å². The third-order valence-electron chi connectivity index (χ3n) is 4.93. The van der Waals surface area contributed by atoms with Crippen molar-refractivity contribution in [3.8, 4) is 11.5 Å². The van der Waals surface area contributed by atoms with Gasteiger partial charge in [0.25, 0.3) is 5.89 Å². The Hall–Kier alpha value is -1.80. The molecule has 4 rings (SSSR count). The van der Waals surface area contributed by atoms with Gasteiger partial charge in [-0.15, -0.1) is 0 Å². The van der Waals surface area contributed by atoms with Gasteiger partial charge in [-0.2, -0.15) is 4.98 Å². The van der Waals surface area contributed by atoms with Gasteiger partial charge in [0.15, 0.2) is 5.82 Å². The van der Waals surface area contributed by atoms with Gasteiger partial charge in [0.2, 0.25) is 0 Å². The van der Waals surface area contributed by atoms with Crippen LogP contribution in [0.25, 0.3) is 11.5 Å². The molecule has 0 amide bonds. The second-order valence-corrected chi connectivity index (χ2v) is 6.75. The summed E-state index contributed by atoms with van der Waals surface area (Å²) < 4.78 is 11.0. The summed E-state index contributed by atoms with van der Waals surface area (Å²) in [7, 11) is 2.10. The number of piperazine rings is 1. The van der Waals surface area contributed by atoms with Gasteiger partial charge in [0, 0.05) is 44.8 Å². The van der Waals surface area contributed by atoms with Crippen LogP contribution in [0.2, 0.25) is 0 Å². The van der Waals surface area contributed by atoms with Crippen molar-refractivity contribution in [3.63, 3.8) is 0 Å². The standard InChI is InChI=1S/C18H25N5O2/c1-22-6-5-19-12-16(22)17-20-18(25-21-17)15-4-2-3-14(11-15)13-23-7-9-24-10-8-23/h2-4,11,16,19H,5-10,12-13H2,1H3. The Morgan fingerprint density at radius 3 is 2.96 bits per heavy atom. The molecule has 1 atom stereocenters. The molecule has 0 spiro atoms. The zero-order chi connectivity index (χ0) is 17.1. The molecule has 2 aliphatic rings. The van der Waals surface area contributed by atoms with Crippen molar-refractivity contribution in [2.24, 2.45) is 0 Å². The highest BCUT2D eigenvalue weighted by atomic mass is 16.5. The van der Waals surface area contributed by atoms with Crippen LogP contribution in [0.4, 0.5) is 0 Å². The van der Waals surface area contributed by atoms with E-state index in [1.54, 1.807) is 0 Å². The smallest absolute Gasteiger partial charge is 0.257 e. The summed E-state index contributed by atoms with van der Waals surface area (Å²) >= 11 is 0. The molecule has 0 bridgehead atoms. The van der Waals surface area contributed by atoms with E-state index in [9.17, 15) is 0 Å². The minimum absolute atomic E-state index is 0.169. The van der Waals surface area contributed by atoms with E-state index in [1.807, 2.05) is 6.07 Å². The lowest BCUT2D eigenvalue weighted by Gasteiger charge is -2.30. The summed E-state index contributed by atoms with van der Waals surface area (Å²) in [5.74, 6) is 1.35. The number of benzene rings is 1. The predicted molar refractivity (Wildman–Crippen MR) is 94.1 cm³/mol. The summed E-state index contributed by atoms with van der Waals surface area (Å²) in [6.07, 6.45) is 0. The van der Waals surface area contributed by atoms with E-state index < -0.39 is 0 Å². The lowest BCUT2D eigenvalue weighted by Crippen LogP contribution is -2.44. The number of nitrogens with zero attached hydrogens (tertiary/aromatic N) is 4. The Bertz CT molecular complexity index is 698. The van der Waals surface area contributed by atoms with Crippen LogP contribution in [-0.4, -0.2) is 72.9 Å². The van der Waals surface area contributed by atoms with Crippen molar-refractivity contribution >= 4 is 0 Å². The SMILES string of the molecule is CN1CCNCC1c1noc(-c2cccc(CN3CCOCC3)c2)n1. The van der Waals surface area contributed by atoms with Gasteiger partial charge in [0.1, 0.15) is 0 Å². The summed E-state index contributed by atoms with van der Waals surface area (Å²) in [5, 5.41) is 7.61. The van der Waals surface area contributed by atoms with E-state index in [-0.39, 0.29) is 6.04 Å². The van der Waals surface area contributed by atoms with Gasteiger partial charge in [-0.3, -0.25) is 9.80 Å². The third-order valence-corrected chi connectivity index (χ3v) is 4.93. The van der Waals surface area contributed by atoms with Crippen LogP contribution in [0.5, 0.6) is 0 Å². The van der Waals surface area contributed by atoms with E-state index in [2.05, 4.69) is 50.5 Å². The minimum atomic E-state index is 0.169. The van der Waals surface area contributed by atoms with E-state index >= 15 is 0 Å². The number of nitrogens with one attached hydrogen (secondary N) is 1. The molecule has 0 aliphatic carbocycles. The molecule has 2 aromatic rings. The first kappa shape index (κ1) is 16.7. The second-order valence-electron chi connectivity index (χ2n) is 6.75. The zero-order valence-corrected chi connectivity index (χ0v) is 14.6. The molecule has 2 fully saturated rings. The number of morpholine rings is 1. The first-order chi connectivity index (χ1) is 12.3. The summed E-state index contributed by atoms with van der Waals surface area (Å²) in [6.45, 7) is 7.36. The minimum Gasteiger partial charge on any atom is -0.379 e. The molecule has 7 heteroatoms. The molecule has 3 heterocycles. The van der Waals surface area contributed by atoms with Gasteiger partial charge >= 0.3 is 0 Å². The van der Waals surface area contributed by atoms with E-state index in [4.69, 9.17) is 9.26 Å². The molecule has 2 aliphatic heterocycles. The number of aromatic nitrogens is 2. The Balaban J connectivity index is 1.49. The number of likely N-dealkylation sites (N-methyl/N-ethyl adjacent to an activating group) is 1. The van der Waals surface area contributed by atoms with Crippen molar-refractivity contribution in [1.82, 2.24) is 25.3 Å². The number of hydrogen-bond acceptors (Lipinski definition) is 7. The van der Waals surface area contributed by atoms with Crippen LogP contribution < -0.4 is 5.32 Å². The molecule has 1 unspecified atom stereocenters. The number of ether oxygens (including phenoxy) is 1. The maximum atomic E-state index is 5.55. The topological polar surface area (TPSA) is 66.7 Å². The lowest BCUT2D eigenvalue weighted by molar-refractivity contribution is 0.0342. The predicted octanol–water partition coefficient (Wildman–Crippen LogP) is 1.14.